The minimum atomic E-state index is -1.30. The van der Waals surface area contributed by atoms with E-state index in [1.807, 2.05) is 19.9 Å². The van der Waals surface area contributed by atoms with Crippen molar-refractivity contribution in [1.82, 2.24) is 0 Å². The van der Waals surface area contributed by atoms with Gasteiger partial charge in [-0.2, -0.15) is 0 Å². The van der Waals surface area contributed by atoms with Crippen molar-refractivity contribution in [1.29, 1.82) is 0 Å². The summed E-state index contributed by atoms with van der Waals surface area (Å²) in [6.07, 6.45) is -1.30. The van der Waals surface area contributed by atoms with Gasteiger partial charge in [0, 0.05) is 0 Å². The van der Waals surface area contributed by atoms with Crippen LogP contribution in [0.5, 0.6) is 11.5 Å². The lowest BCUT2D eigenvalue weighted by atomic mass is 9.93. The van der Waals surface area contributed by atoms with Gasteiger partial charge in [-0.3, -0.25) is 0 Å². The Hall–Kier alpha value is -1.75. The molecule has 20 heavy (non-hydrogen) atoms. The monoisotopic (exact) mass is 280 g/mol. The zero-order valence-electron chi connectivity index (χ0n) is 12.0. The van der Waals surface area contributed by atoms with Gasteiger partial charge in [0.05, 0.1) is 6.61 Å². The quantitative estimate of drug-likeness (QED) is 0.856. The maximum absolute atomic E-state index is 11.7. The molecule has 5 nitrogen and oxygen atoms in total. The van der Waals surface area contributed by atoms with E-state index in [0.717, 1.165) is 5.56 Å². The molecule has 1 aromatic rings. The van der Waals surface area contributed by atoms with E-state index in [4.69, 9.17) is 14.2 Å². The van der Waals surface area contributed by atoms with Gasteiger partial charge in [0.1, 0.15) is 13.2 Å². The Balaban J connectivity index is 2.41. The fourth-order valence-electron chi connectivity index (χ4n) is 2.21. The number of aliphatic hydroxyl groups excluding tert-OH is 1. The first-order chi connectivity index (χ1) is 9.54. The summed E-state index contributed by atoms with van der Waals surface area (Å²) in [7, 11) is 0. The predicted octanol–water partition coefficient (Wildman–Crippen LogP) is 2.18. The van der Waals surface area contributed by atoms with E-state index in [1.165, 1.54) is 0 Å². The summed E-state index contributed by atoms with van der Waals surface area (Å²) in [4.78, 5) is 11.7. The molecule has 0 spiro atoms. The topological polar surface area (TPSA) is 65.0 Å². The van der Waals surface area contributed by atoms with Crippen molar-refractivity contribution >= 4 is 5.97 Å². The fourth-order valence-corrected chi connectivity index (χ4v) is 2.21. The molecule has 5 heteroatoms. The minimum absolute atomic E-state index is 0.143. The number of hydrogen-bond donors (Lipinski definition) is 1. The van der Waals surface area contributed by atoms with Gasteiger partial charge in [-0.25, -0.2) is 4.79 Å². The van der Waals surface area contributed by atoms with Crippen molar-refractivity contribution < 1.29 is 24.1 Å². The van der Waals surface area contributed by atoms with Crippen molar-refractivity contribution in [3.05, 3.63) is 23.3 Å². The number of ether oxygens (including phenoxy) is 3. The summed E-state index contributed by atoms with van der Waals surface area (Å²) in [5.74, 6) is 0.703. The fraction of sp³-hybridized carbons (Fsp3) is 0.533. The molecule has 0 bridgehead atoms. The molecule has 110 valence electrons. The molecule has 0 aromatic heterocycles. The summed E-state index contributed by atoms with van der Waals surface area (Å²) in [5, 5.41) is 10.2. The van der Waals surface area contributed by atoms with Crippen LogP contribution in [0.4, 0.5) is 0 Å². The van der Waals surface area contributed by atoms with E-state index in [-0.39, 0.29) is 12.5 Å². The molecule has 0 aliphatic carbocycles. The van der Waals surface area contributed by atoms with E-state index < -0.39 is 12.1 Å². The average molecular weight is 280 g/mol. The Morgan fingerprint density at radius 1 is 1.25 bits per heavy atom. The van der Waals surface area contributed by atoms with Crippen molar-refractivity contribution in [2.24, 2.45) is 0 Å². The second-order valence-electron chi connectivity index (χ2n) is 4.93. The Morgan fingerprint density at radius 2 is 1.80 bits per heavy atom. The lowest BCUT2D eigenvalue weighted by Crippen LogP contribution is -2.20. The molecule has 2 rings (SSSR count). The van der Waals surface area contributed by atoms with Gasteiger partial charge in [0.15, 0.2) is 17.6 Å². The van der Waals surface area contributed by atoms with Gasteiger partial charge < -0.3 is 19.3 Å². The third-order valence-corrected chi connectivity index (χ3v) is 3.17. The highest BCUT2D eigenvalue weighted by atomic mass is 16.6. The first-order valence-corrected chi connectivity index (χ1v) is 6.82. The van der Waals surface area contributed by atoms with Crippen LogP contribution in [0.1, 0.15) is 43.9 Å². The number of aliphatic hydroxyl groups is 1. The van der Waals surface area contributed by atoms with Crippen LogP contribution in [0.3, 0.4) is 0 Å². The molecule has 0 amide bonds. The van der Waals surface area contributed by atoms with Gasteiger partial charge in [-0.05, 0) is 36.1 Å². The van der Waals surface area contributed by atoms with Crippen LogP contribution in [-0.4, -0.2) is 30.9 Å². The number of hydrogen-bond acceptors (Lipinski definition) is 5. The van der Waals surface area contributed by atoms with Crippen molar-refractivity contribution in [2.75, 3.05) is 19.8 Å². The van der Waals surface area contributed by atoms with Crippen LogP contribution < -0.4 is 9.47 Å². The molecule has 1 N–H and O–H groups in total. The van der Waals surface area contributed by atoms with Crippen LogP contribution in [0.25, 0.3) is 0 Å². The number of rotatable bonds is 4. The predicted molar refractivity (Wildman–Crippen MR) is 73.1 cm³/mol. The normalized spacial score (nSPS) is 15.1. The number of carbonyl (C=O) groups excluding carboxylic acids is 1. The number of esters is 1. The molecule has 1 heterocycles. The minimum Gasteiger partial charge on any atom is -0.486 e. The molecule has 0 saturated carbocycles. The maximum Gasteiger partial charge on any atom is 0.339 e. The SMILES string of the molecule is CCOC(=O)C(O)c1cc2c(cc1C(C)C)OCCO2. The first kappa shape index (κ1) is 14.7. The Morgan fingerprint density at radius 3 is 2.30 bits per heavy atom. The highest BCUT2D eigenvalue weighted by molar-refractivity contribution is 5.77. The highest BCUT2D eigenvalue weighted by Gasteiger charge is 2.26. The van der Waals surface area contributed by atoms with Crippen molar-refractivity contribution in [3.8, 4) is 11.5 Å². The average Bonchev–Trinajstić information content (AvgIpc) is 2.45. The van der Waals surface area contributed by atoms with Gasteiger partial charge in [0.2, 0.25) is 0 Å². The molecule has 1 aliphatic rings. The van der Waals surface area contributed by atoms with Crippen LogP contribution in [0.2, 0.25) is 0 Å². The molecular formula is C15H20O5. The smallest absolute Gasteiger partial charge is 0.339 e. The lowest BCUT2D eigenvalue weighted by Gasteiger charge is -2.23. The van der Waals surface area contributed by atoms with Gasteiger partial charge in [-0.15, -0.1) is 0 Å². The Labute approximate surface area is 118 Å². The third-order valence-electron chi connectivity index (χ3n) is 3.17. The van der Waals surface area contributed by atoms with Crippen LogP contribution in [0.15, 0.2) is 12.1 Å². The lowest BCUT2D eigenvalue weighted by molar-refractivity contribution is -0.153. The molecule has 0 radical (unpaired) electrons. The van der Waals surface area contributed by atoms with E-state index in [2.05, 4.69) is 0 Å². The van der Waals surface area contributed by atoms with E-state index >= 15 is 0 Å². The Kier molecular flexibility index (Phi) is 4.49. The maximum atomic E-state index is 11.7. The molecule has 1 aromatic carbocycles. The standard InChI is InChI=1S/C15H20O5/c1-4-18-15(17)14(16)11-8-13-12(19-5-6-20-13)7-10(11)9(2)3/h7-9,14,16H,4-6H2,1-3H3. The summed E-state index contributed by atoms with van der Waals surface area (Å²) >= 11 is 0. The Bertz CT molecular complexity index is 495. The van der Waals surface area contributed by atoms with Crippen LogP contribution >= 0.6 is 0 Å². The summed E-state index contributed by atoms with van der Waals surface area (Å²) in [6, 6.07) is 3.50. The first-order valence-electron chi connectivity index (χ1n) is 6.82. The zero-order valence-corrected chi connectivity index (χ0v) is 12.0. The largest absolute Gasteiger partial charge is 0.486 e. The summed E-state index contributed by atoms with van der Waals surface area (Å²) in [6.45, 7) is 6.89. The zero-order chi connectivity index (χ0) is 14.7. The van der Waals surface area contributed by atoms with Gasteiger partial charge in [-0.1, -0.05) is 13.8 Å². The number of fused-ring (bicyclic) bond motifs is 1. The second kappa shape index (κ2) is 6.13. The number of carbonyl (C=O) groups is 1. The van der Waals surface area contributed by atoms with E-state index in [9.17, 15) is 9.90 Å². The third kappa shape index (κ3) is 2.88. The van der Waals surface area contributed by atoms with E-state index in [0.29, 0.717) is 30.3 Å². The molecular weight excluding hydrogens is 260 g/mol. The van der Waals surface area contributed by atoms with Gasteiger partial charge >= 0.3 is 5.97 Å². The summed E-state index contributed by atoms with van der Waals surface area (Å²) in [5.41, 5.74) is 1.37. The molecule has 0 saturated heterocycles. The molecule has 1 unspecified atom stereocenters. The second-order valence-corrected chi connectivity index (χ2v) is 4.93. The van der Waals surface area contributed by atoms with Crippen LogP contribution in [-0.2, 0) is 9.53 Å². The number of benzene rings is 1. The summed E-state index contributed by atoms with van der Waals surface area (Å²) < 4.78 is 15.9. The van der Waals surface area contributed by atoms with Crippen LogP contribution in [0, 0.1) is 0 Å². The van der Waals surface area contributed by atoms with Crippen molar-refractivity contribution in [2.45, 2.75) is 32.8 Å². The highest BCUT2D eigenvalue weighted by Crippen LogP contribution is 2.38. The molecule has 0 fully saturated rings. The van der Waals surface area contributed by atoms with E-state index in [1.54, 1.807) is 13.0 Å². The molecule has 1 aliphatic heterocycles. The van der Waals surface area contributed by atoms with Crippen molar-refractivity contribution in [3.63, 3.8) is 0 Å². The van der Waals surface area contributed by atoms with Gasteiger partial charge in [0.25, 0.3) is 0 Å². The molecule has 1 atom stereocenters.